The lowest BCUT2D eigenvalue weighted by atomic mass is 10.1. The van der Waals surface area contributed by atoms with Crippen LogP contribution in [0.4, 0.5) is 0 Å². The molecule has 2 aromatic carbocycles. The van der Waals surface area contributed by atoms with Crippen molar-refractivity contribution in [1.29, 1.82) is 5.26 Å². The maximum atomic E-state index is 12.2. The smallest absolute Gasteiger partial charge is 0.259 e. The third-order valence-corrected chi connectivity index (χ3v) is 3.93. The highest BCUT2D eigenvalue weighted by molar-refractivity contribution is 9.10. The summed E-state index contributed by atoms with van der Waals surface area (Å²) in [5, 5.41) is 10.3. The van der Waals surface area contributed by atoms with Crippen molar-refractivity contribution in [3.63, 3.8) is 0 Å². The Hall–Kier alpha value is -2.42. The molecule has 0 aliphatic heterocycles. The van der Waals surface area contributed by atoms with Crippen LogP contribution in [-0.2, 0) is 0 Å². The molecule has 0 fully saturated rings. The van der Waals surface area contributed by atoms with Gasteiger partial charge in [-0.3, -0.25) is 4.79 Å². The van der Waals surface area contributed by atoms with Crippen LogP contribution in [0.1, 0.15) is 11.4 Å². The van der Waals surface area contributed by atoms with Gasteiger partial charge >= 0.3 is 0 Å². The summed E-state index contributed by atoms with van der Waals surface area (Å²) in [4.78, 5) is 19.2. The van der Waals surface area contributed by atoms with Crippen LogP contribution in [0, 0.1) is 11.3 Å². The first-order valence-electron chi connectivity index (χ1n) is 6.64. The van der Waals surface area contributed by atoms with Crippen molar-refractivity contribution in [3.05, 3.63) is 73.7 Å². The van der Waals surface area contributed by atoms with Crippen molar-refractivity contribution in [3.8, 4) is 6.07 Å². The number of H-pyrrole nitrogens is 1. The monoisotopic (exact) mass is 385 g/mol. The lowest BCUT2D eigenvalue weighted by molar-refractivity contribution is 1.13. The molecule has 0 unspecified atom stereocenters. The van der Waals surface area contributed by atoms with Crippen LogP contribution in [0.2, 0.25) is 5.02 Å². The molecule has 1 heterocycles. The van der Waals surface area contributed by atoms with Gasteiger partial charge in [0.25, 0.3) is 5.56 Å². The average Bonchev–Trinajstić information content (AvgIpc) is 2.53. The van der Waals surface area contributed by atoms with E-state index in [0.717, 1.165) is 10.0 Å². The van der Waals surface area contributed by atoms with Gasteiger partial charge in [-0.1, -0.05) is 39.7 Å². The van der Waals surface area contributed by atoms with Crippen LogP contribution in [0.5, 0.6) is 0 Å². The van der Waals surface area contributed by atoms with Crippen LogP contribution in [-0.4, -0.2) is 9.97 Å². The third kappa shape index (κ3) is 3.34. The first-order chi connectivity index (χ1) is 11.1. The number of hydrogen-bond donors (Lipinski definition) is 1. The van der Waals surface area contributed by atoms with Gasteiger partial charge < -0.3 is 4.98 Å². The van der Waals surface area contributed by atoms with Crippen LogP contribution < -0.4 is 5.56 Å². The molecule has 0 spiro atoms. The Bertz CT molecular complexity index is 1030. The molecule has 23 heavy (non-hydrogen) atoms. The summed E-state index contributed by atoms with van der Waals surface area (Å²) >= 11 is 9.28. The van der Waals surface area contributed by atoms with Crippen LogP contribution in [0.15, 0.2) is 51.7 Å². The highest BCUT2D eigenvalue weighted by Crippen LogP contribution is 2.19. The zero-order chi connectivity index (χ0) is 16.4. The Morgan fingerprint density at radius 1 is 1.30 bits per heavy atom. The molecular formula is C17H9BrClN3O. The Morgan fingerprint density at radius 3 is 2.87 bits per heavy atom. The lowest BCUT2D eigenvalue weighted by Gasteiger charge is -2.03. The fourth-order valence-corrected chi connectivity index (χ4v) is 2.74. The van der Waals surface area contributed by atoms with Crippen molar-refractivity contribution in [2.45, 2.75) is 0 Å². The van der Waals surface area contributed by atoms with Gasteiger partial charge in [-0.25, -0.2) is 4.98 Å². The fourth-order valence-electron chi connectivity index (χ4n) is 2.16. The van der Waals surface area contributed by atoms with Crippen molar-refractivity contribution in [1.82, 2.24) is 9.97 Å². The van der Waals surface area contributed by atoms with E-state index in [0.29, 0.717) is 15.9 Å². The van der Waals surface area contributed by atoms with E-state index >= 15 is 0 Å². The number of allylic oxidation sites excluding steroid dienone is 1. The summed E-state index contributed by atoms with van der Waals surface area (Å²) in [5.74, 6) is 0.229. The van der Waals surface area contributed by atoms with E-state index in [4.69, 9.17) is 11.6 Å². The molecule has 112 valence electrons. The Morgan fingerprint density at radius 2 is 2.13 bits per heavy atom. The topological polar surface area (TPSA) is 69.5 Å². The summed E-state index contributed by atoms with van der Waals surface area (Å²) in [5.41, 5.74) is 1.26. The highest BCUT2D eigenvalue weighted by Gasteiger charge is 2.09. The van der Waals surface area contributed by atoms with Gasteiger partial charge in [0.2, 0.25) is 0 Å². The second kappa shape index (κ2) is 6.37. The molecule has 0 atom stereocenters. The van der Waals surface area contributed by atoms with E-state index in [9.17, 15) is 10.1 Å². The maximum absolute atomic E-state index is 12.2. The summed E-state index contributed by atoms with van der Waals surface area (Å²) in [6.07, 6.45) is 1.67. The van der Waals surface area contributed by atoms with Gasteiger partial charge in [0.15, 0.2) is 5.82 Å². The zero-order valence-electron chi connectivity index (χ0n) is 11.7. The van der Waals surface area contributed by atoms with Gasteiger partial charge in [0, 0.05) is 9.50 Å². The zero-order valence-corrected chi connectivity index (χ0v) is 14.0. The number of halogens is 2. The number of aromatic nitrogens is 2. The van der Waals surface area contributed by atoms with Gasteiger partial charge in [-0.05, 0) is 42.0 Å². The van der Waals surface area contributed by atoms with Crippen molar-refractivity contribution >= 4 is 50.1 Å². The molecule has 1 N–H and O–H groups in total. The fraction of sp³-hybridized carbons (Fsp3) is 0. The highest BCUT2D eigenvalue weighted by atomic mass is 79.9. The largest absolute Gasteiger partial charge is 0.305 e. The van der Waals surface area contributed by atoms with Crippen molar-refractivity contribution in [2.24, 2.45) is 0 Å². The summed E-state index contributed by atoms with van der Waals surface area (Å²) < 4.78 is 0.901. The first kappa shape index (κ1) is 15.5. The predicted molar refractivity (Wildman–Crippen MR) is 95.0 cm³/mol. The number of aromatic amines is 1. The molecule has 0 bridgehead atoms. The number of hydrogen-bond acceptors (Lipinski definition) is 3. The molecule has 4 nitrogen and oxygen atoms in total. The van der Waals surface area contributed by atoms with Gasteiger partial charge in [-0.2, -0.15) is 5.26 Å². The van der Waals surface area contributed by atoms with Gasteiger partial charge in [0.1, 0.15) is 6.07 Å². The number of nitrogens with one attached hydrogen (secondary N) is 1. The van der Waals surface area contributed by atoms with E-state index in [1.807, 2.05) is 24.3 Å². The van der Waals surface area contributed by atoms with E-state index in [1.54, 1.807) is 24.3 Å². The Labute approximate surface area is 145 Å². The second-order valence-electron chi connectivity index (χ2n) is 4.80. The number of fused-ring (bicyclic) bond motifs is 1. The molecule has 3 aromatic rings. The number of benzene rings is 2. The number of nitriles is 1. The summed E-state index contributed by atoms with van der Waals surface area (Å²) in [6.45, 7) is 0. The second-order valence-corrected chi connectivity index (χ2v) is 6.15. The molecule has 0 aliphatic rings. The minimum atomic E-state index is -0.331. The minimum absolute atomic E-state index is 0.229. The normalized spacial score (nSPS) is 11.4. The van der Waals surface area contributed by atoms with E-state index in [1.165, 1.54) is 0 Å². The standard InChI is InChI=1S/C17H9BrClN3O/c18-12-3-1-2-10(7-12)6-11(9-20)16-21-15-5-4-13(19)8-14(15)17(23)22-16/h1-8H,(H,21,22,23)/b11-6+. The average molecular weight is 387 g/mol. The Kier molecular flexibility index (Phi) is 4.28. The Balaban J connectivity index is 2.16. The predicted octanol–water partition coefficient (Wildman–Crippen LogP) is 4.40. The molecule has 3 rings (SSSR count). The summed E-state index contributed by atoms with van der Waals surface area (Å²) in [7, 11) is 0. The third-order valence-electron chi connectivity index (χ3n) is 3.20. The molecule has 1 aromatic heterocycles. The first-order valence-corrected chi connectivity index (χ1v) is 7.81. The van der Waals surface area contributed by atoms with Crippen molar-refractivity contribution < 1.29 is 0 Å². The van der Waals surface area contributed by atoms with Crippen LogP contribution in [0.3, 0.4) is 0 Å². The van der Waals surface area contributed by atoms with E-state index < -0.39 is 0 Å². The van der Waals surface area contributed by atoms with Crippen LogP contribution in [0.25, 0.3) is 22.6 Å². The molecule has 6 heteroatoms. The van der Waals surface area contributed by atoms with Crippen LogP contribution >= 0.6 is 27.5 Å². The summed E-state index contributed by atoms with van der Waals surface area (Å²) in [6, 6.07) is 14.4. The van der Waals surface area contributed by atoms with Crippen molar-refractivity contribution in [2.75, 3.05) is 0 Å². The van der Waals surface area contributed by atoms with Gasteiger partial charge in [-0.15, -0.1) is 0 Å². The quantitative estimate of drug-likeness (QED) is 0.664. The molecule has 0 aliphatic carbocycles. The number of rotatable bonds is 2. The lowest BCUT2D eigenvalue weighted by Crippen LogP contribution is -2.11. The maximum Gasteiger partial charge on any atom is 0.259 e. The molecule has 0 radical (unpaired) electrons. The van der Waals surface area contributed by atoms with E-state index in [-0.39, 0.29) is 17.0 Å². The minimum Gasteiger partial charge on any atom is -0.305 e. The van der Waals surface area contributed by atoms with E-state index in [2.05, 4.69) is 32.0 Å². The molecule has 0 saturated carbocycles. The SMILES string of the molecule is N#C/C(=C\c1cccc(Br)c1)c1nc2ccc(Cl)cc2c(=O)[nH]1. The molecule has 0 saturated heterocycles. The molecule has 0 amide bonds. The van der Waals surface area contributed by atoms with Gasteiger partial charge in [0.05, 0.1) is 16.5 Å². The number of nitrogens with zero attached hydrogens (tertiary/aromatic N) is 2. The molecular weight excluding hydrogens is 378 g/mol.